The van der Waals surface area contributed by atoms with E-state index in [4.69, 9.17) is 25.8 Å². The third-order valence-electron chi connectivity index (χ3n) is 7.77. The first-order valence-corrected chi connectivity index (χ1v) is 14.5. The van der Waals surface area contributed by atoms with Crippen LogP contribution in [0, 0.1) is 11.8 Å². The summed E-state index contributed by atoms with van der Waals surface area (Å²) in [5, 5.41) is 10.3. The van der Waals surface area contributed by atoms with Gasteiger partial charge in [0.2, 0.25) is 5.82 Å². The third-order valence-corrected chi connectivity index (χ3v) is 7.98. The van der Waals surface area contributed by atoms with Gasteiger partial charge >= 0.3 is 5.76 Å². The van der Waals surface area contributed by atoms with Gasteiger partial charge in [0.15, 0.2) is 0 Å². The summed E-state index contributed by atoms with van der Waals surface area (Å²) in [5.41, 5.74) is 7.26. The van der Waals surface area contributed by atoms with Crippen LogP contribution in [0.3, 0.4) is 0 Å². The summed E-state index contributed by atoms with van der Waals surface area (Å²) in [5.74, 6) is 1.02. The Labute approximate surface area is 233 Å². The van der Waals surface area contributed by atoms with Gasteiger partial charge in [-0.15, -0.1) is 0 Å². The summed E-state index contributed by atoms with van der Waals surface area (Å²) in [4.78, 5) is 23.6. The van der Waals surface area contributed by atoms with Crippen molar-refractivity contribution in [2.45, 2.75) is 64.9 Å². The van der Waals surface area contributed by atoms with Gasteiger partial charge in [-0.2, -0.15) is 0 Å². The molecule has 1 saturated heterocycles. The predicted molar refractivity (Wildman–Crippen MR) is 153 cm³/mol. The summed E-state index contributed by atoms with van der Waals surface area (Å²) in [6.45, 7) is 7.49. The van der Waals surface area contributed by atoms with Gasteiger partial charge in [-0.3, -0.25) is 14.5 Å². The van der Waals surface area contributed by atoms with Crippen molar-refractivity contribution in [3.05, 3.63) is 40.1 Å². The minimum absolute atomic E-state index is 0.178. The molecule has 0 aromatic carbocycles. The molecule has 11 heteroatoms. The fraction of sp³-hybridized carbons (Fsp3) is 0.571. The number of nitrogens with zero attached hydrogens (tertiary/aromatic N) is 4. The number of hydrogen-bond donors (Lipinski definition) is 3. The lowest BCUT2D eigenvalue weighted by molar-refractivity contribution is -0.0244. The molecule has 2 aliphatic rings. The van der Waals surface area contributed by atoms with E-state index in [0.29, 0.717) is 28.9 Å². The van der Waals surface area contributed by atoms with Gasteiger partial charge < -0.3 is 15.5 Å². The Balaban J connectivity index is 1.52. The molecular formula is C28H38ClN7O3. The van der Waals surface area contributed by atoms with E-state index in [1.807, 2.05) is 12.1 Å². The molecule has 3 atom stereocenters. The van der Waals surface area contributed by atoms with Crippen LogP contribution in [-0.4, -0.2) is 57.5 Å². The van der Waals surface area contributed by atoms with Crippen molar-refractivity contribution in [3.8, 4) is 22.8 Å². The Morgan fingerprint density at radius 2 is 2.08 bits per heavy atom. The smallest absolute Gasteiger partial charge is 0.381 e. The highest BCUT2D eigenvalue weighted by Crippen LogP contribution is 2.38. The van der Waals surface area contributed by atoms with Crippen molar-refractivity contribution in [2.24, 2.45) is 11.8 Å². The number of anilines is 2. The summed E-state index contributed by atoms with van der Waals surface area (Å²) >= 11 is 6.35. The monoisotopic (exact) mass is 555 g/mol. The van der Waals surface area contributed by atoms with Crippen LogP contribution in [-0.2, 0) is 4.74 Å². The quantitative estimate of drug-likeness (QED) is 0.277. The Morgan fingerprint density at radius 3 is 2.82 bits per heavy atom. The maximum absolute atomic E-state index is 11.8. The molecule has 2 unspecified atom stereocenters. The molecule has 39 heavy (non-hydrogen) atoms. The largest absolute Gasteiger partial charge is 0.439 e. The van der Waals surface area contributed by atoms with Gasteiger partial charge in [0, 0.05) is 37.6 Å². The van der Waals surface area contributed by atoms with Crippen LogP contribution >= 0.6 is 11.6 Å². The van der Waals surface area contributed by atoms with Crippen molar-refractivity contribution in [1.82, 2.24) is 25.1 Å². The fourth-order valence-corrected chi connectivity index (χ4v) is 5.78. The lowest BCUT2D eigenvalue weighted by atomic mass is 10.0. The normalized spacial score (nSPS) is 21.8. The molecular weight excluding hydrogens is 518 g/mol. The molecule has 3 aromatic rings. The van der Waals surface area contributed by atoms with E-state index >= 15 is 0 Å². The molecule has 1 saturated carbocycles. The van der Waals surface area contributed by atoms with Crippen LogP contribution in [0.1, 0.15) is 58.8 Å². The van der Waals surface area contributed by atoms with Crippen molar-refractivity contribution < 1.29 is 9.26 Å². The molecule has 210 valence electrons. The zero-order valence-electron chi connectivity index (χ0n) is 22.7. The van der Waals surface area contributed by atoms with Crippen LogP contribution < -0.4 is 16.5 Å². The number of aromatic nitrogens is 4. The average Bonchev–Trinajstić information content (AvgIpc) is 3.60. The Kier molecular flexibility index (Phi) is 9.16. The number of aromatic amines is 1. The number of H-pyrrole nitrogens is 1. The number of pyridine rings is 2. The van der Waals surface area contributed by atoms with E-state index in [1.165, 1.54) is 25.7 Å². The standard InChI is InChI=1S/C28H38ClN7O3/c1-3-5-6-22-17-36(9-10-38-22)34-23-13-24(27-33-28(37)39-35-27)32-25(20-12-21(29)16-30-15-20)26(23)31-14-19-8-7-18(4-2)11-19/h12-13,15-16,18-19,22,31H,3-11,14,17H2,1-2H3,(H,32,34)(H,33,35,37)/t18?,19?,22-/m1/s1. The first kappa shape index (κ1) is 27.6. The molecule has 2 fully saturated rings. The number of morpholine rings is 1. The highest BCUT2D eigenvalue weighted by Gasteiger charge is 2.26. The maximum Gasteiger partial charge on any atom is 0.439 e. The topological polar surface area (TPSA) is 121 Å². The van der Waals surface area contributed by atoms with Gasteiger partial charge in [-0.25, -0.2) is 14.8 Å². The Hall–Kier alpha value is -2.95. The van der Waals surface area contributed by atoms with E-state index in [9.17, 15) is 4.79 Å². The second-order valence-electron chi connectivity index (χ2n) is 10.6. The van der Waals surface area contributed by atoms with Gasteiger partial charge in [0.25, 0.3) is 0 Å². The number of unbranched alkanes of at least 4 members (excludes halogenated alkanes) is 1. The number of ether oxygens (including phenoxy) is 1. The van der Waals surface area contributed by atoms with Gasteiger partial charge in [-0.1, -0.05) is 56.3 Å². The second kappa shape index (κ2) is 12.9. The average molecular weight is 556 g/mol. The number of rotatable bonds is 11. The van der Waals surface area contributed by atoms with Crippen molar-refractivity contribution in [2.75, 3.05) is 37.0 Å². The van der Waals surface area contributed by atoms with Crippen LogP contribution in [0.15, 0.2) is 33.8 Å². The summed E-state index contributed by atoms with van der Waals surface area (Å²) in [7, 11) is 0. The maximum atomic E-state index is 11.8. The fourth-order valence-electron chi connectivity index (χ4n) is 5.60. The molecule has 4 heterocycles. The Morgan fingerprint density at radius 1 is 1.21 bits per heavy atom. The first-order chi connectivity index (χ1) is 19.0. The molecule has 0 amide bonds. The number of halogens is 1. The number of hydrogen-bond acceptors (Lipinski definition) is 9. The van der Waals surface area contributed by atoms with Crippen molar-refractivity contribution in [1.29, 1.82) is 0 Å². The van der Waals surface area contributed by atoms with E-state index in [1.54, 1.807) is 12.4 Å². The van der Waals surface area contributed by atoms with Crippen LogP contribution in [0.5, 0.6) is 0 Å². The first-order valence-electron chi connectivity index (χ1n) is 14.1. The van der Waals surface area contributed by atoms with Crippen LogP contribution in [0.2, 0.25) is 5.02 Å². The minimum Gasteiger partial charge on any atom is -0.381 e. The molecule has 0 bridgehead atoms. The van der Waals surface area contributed by atoms with E-state index in [-0.39, 0.29) is 11.9 Å². The minimum atomic E-state index is -0.631. The Bertz CT molecular complexity index is 1300. The SMILES string of the molecule is CCCC[C@@H]1CN(Nc2cc(-c3noc(=O)[nH]3)nc(-c3cncc(Cl)c3)c2NCC2CCC(CC)C2)CCO1. The van der Waals surface area contributed by atoms with Gasteiger partial charge in [0.1, 0.15) is 5.69 Å². The van der Waals surface area contributed by atoms with E-state index < -0.39 is 5.76 Å². The van der Waals surface area contributed by atoms with Gasteiger partial charge in [0.05, 0.1) is 34.8 Å². The number of nitrogens with one attached hydrogen (secondary N) is 3. The molecule has 0 spiro atoms. The summed E-state index contributed by atoms with van der Waals surface area (Å²) in [6, 6.07) is 3.75. The molecule has 1 aliphatic carbocycles. The summed E-state index contributed by atoms with van der Waals surface area (Å²) in [6.07, 6.45) is 11.8. The van der Waals surface area contributed by atoms with Crippen LogP contribution in [0.25, 0.3) is 22.8 Å². The molecule has 10 nitrogen and oxygen atoms in total. The molecule has 0 radical (unpaired) electrons. The van der Waals surface area contributed by atoms with E-state index in [0.717, 1.165) is 61.8 Å². The zero-order chi connectivity index (χ0) is 27.2. The van der Waals surface area contributed by atoms with E-state index in [2.05, 4.69) is 44.7 Å². The van der Waals surface area contributed by atoms with Crippen molar-refractivity contribution in [3.63, 3.8) is 0 Å². The highest BCUT2D eigenvalue weighted by molar-refractivity contribution is 6.30. The predicted octanol–water partition coefficient (Wildman–Crippen LogP) is 5.60. The number of hydrazine groups is 1. The lowest BCUT2D eigenvalue weighted by Crippen LogP contribution is -2.45. The highest BCUT2D eigenvalue weighted by atomic mass is 35.5. The van der Waals surface area contributed by atoms with Gasteiger partial charge in [-0.05, 0) is 43.2 Å². The lowest BCUT2D eigenvalue weighted by Gasteiger charge is -2.34. The molecule has 1 aliphatic heterocycles. The van der Waals surface area contributed by atoms with Crippen molar-refractivity contribution >= 4 is 23.0 Å². The molecule has 3 N–H and O–H groups in total. The summed E-state index contributed by atoms with van der Waals surface area (Å²) < 4.78 is 10.8. The zero-order valence-corrected chi connectivity index (χ0v) is 23.5. The van der Waals surface area contributed by atoms with Crippen LogP contribution in [0.4, 0.5) is 11.4 Å². The molecule has 5 rings (SSSR count). The third kappa shape index (κ3) is 6.98. The second-order valence-corrected chi connectivity index (χ2v) is 11.1. The molecule has 3 aromatic heterocycles.